The normalized spacial score (nSPS) is 15.6. The SMILES string of the molecule is CCc1nnc2n1N=C(c1ccc3c(c1)OCCO3)CS2.[Br-]. The maximum atomic E-state index is 5.64. The van der Waals surface area contributed by atoms with Crippen LogP contribution in [-0.2, 0) is 6.42 Å². The smallest absolute Gasteiger partial charge is 0.212 e. The Morgan fingerprint density at radius 1 is 1.18 bits per heavy atom. The second-order valence-electron chi connectivity index (χ2n) is 4.76. The number of hydrogen-bond acceptors (Lipinski definition) is 6. The molecule has 1 aromatic carbocycles. The van der Waals surface area contributed by atoms with Crippen molar-refractivity contribution in [3.8, 4) is 11.5 Å². The predicted octanol–water partition coefficient (Wildman–Crippen LogP) is -1.03. The lowest BCUT2D eigenvalue weighted by atomic mass is 10.1. The van der Waals surface area contributed by atoms with E-state index in [0.717, 1.165) is 45.9 Å². The Morgan fingerprint density at radius 2 is 2.00 bits per heavy atom. The van der Waals surface area contributed by atoms with Crippen molar-refractivity contribution in [2.75, 3.05) is 19.0 Å². The van der Waals surface area contributed by atoms with Gasteiger partial charge < -0.3 is 26.5 Å². The summed E-state index contributed by atoms with van der Waals surface area (Å²) in [6, 6.07) is 5.96. The van der Waals surface area contributed by atoms with Crippen LogP contribution in [0.1, 0.15) is 18.3 Å². The summed E-state index contributed by atoms with van der Waals surface area (Å²) in [5, 5.41) is 13.8. The van der Waals surface area contributed by atoms with Crippen molar-refractivity contribution in [2.45, 2.75) is 18.5 Å². The first-order chi connectivity index (χ1) is 10.3. The fourth-order valence-corrected chi connectivity index (χ4v) is 3.21. The summed E-state index contributed by atoms with van der Waals surface area (Å²) in [5.74, 6) is 3.25. The van der Waals surface area contributed by atoms with Crippen LogP contribution in [0, 0.1) is 0 Å². The molecule has 0 aliphatic carbocycles. The van der Waals surface area contributed by atoms with Crippen molar-refractivity contribution in [1.29, 1.82) is 0 Å². The number of aromatic nitrogens is 3. The van der Waals surface area contributed by atoms with Gasteiger partial charge in [0, 0.05) is 17.7 Å². The van der Waals surface area contributed by atoms with E-state index in [2.05, 4.69) is 22.2 Å². The van der Waals surface area contributed by atoms with Crippen molar-refractivity contribution in [1.82, 2.24) is 14.9 Å². The van der Waals surface area contributed by atoms with Crippen LogP contribution in [0.25, 0.3) is 0 Å². The van der Waals surface area contributed by atoms with Crippen molar-refractivity contribution in [3.05, 3.63) is 29.6 Å². The third-order valence-corrected chi connectivity index (χ3v) is 4.36. The molecule has 116 valence electrons. The molecule has 0 saturated heterocycles. The Hall–Kier alpha value is -1.54. The molecule has 22 heavy (non-hydrogen) atoms. The molecule has 0 amide bonds. The van der Waals surface area contributed by atoms with Gasteiger partial charge in [-0.3, -0.25) is 0 Å². The zero-order chi connectivity index (χ0) is 14.2. The van der Waals surface area contributed by atoms with Crippen LogP contribution in [-0.4, -0.2) is 39.6 Å². The van der Waals surface area contributed by atoms with Gasteiger partial charge in [-0.25, -0.2) is 0 Å². The third kappa shape index (κ3) is 2.61. The van der Waals surface area contributed by atoms with Crippen LogP contribution in [0.3, 0.4) is 0 Å². The van der Waals surface area contributed by atoms with E-state index in [4.69, 9.17) is 9.47 Å². The van der Waals surface area contributed by atoms with Gasteiger partial charge in [-0.2, -0.15) is 9.78 Å². The fourth-order valence-electron chi connectivity index (χ4n) is 2.35. The van der Waals surface area contributed by atoms with Gasteiger partial charge in [0.15, 0.2) is 17.3 Å². The topological polar surface area (TPSA) is 61.5 Å². The Balaban J connectivity index is 0.00000144. The molecule has 4 rings (SSSR count). The summed E-state index contributed by atoms with van der Waals surface area (Å²) >= 11 is 1.65. The van der Waals surface area contributed by atoms with Crippen LogP contribution in [0.2, 0.25) is 0 Å². The summed E-state index contributed by atoms with van der Waals surface area (Å²) in [6.45, 7) is 3.25. The van der Waals surface area contributed by atoms with E-state index in [1.54, 1.807) is 11.8 Å². The molecule has 3 heterocycles. The average Bonchev–Trinajstić information content (AvgIpc) is 2.96. The first-order valence-corrected chi connectivity index (χ1v) is 7.88. The van der Waals surface area contributed by atoms with Crippen molar-refractivity contribution in [3.63, 3.8) is 0 Å². The lowest BCUT2D eigenvalue weighted by Gasteiger charge is -2.20. The van der Waals surface area contributed by atoms with Gasteiger partial charge in [-0.05, 0) is 18.2 Å². The minimum Gasteiger partial charge on any atom is -1.00 e. The van der Waals surface area contributed by atoms with Crippen LogP contribution in [0.4, 0.5) is 0 Å². The lowest BCUT2D eigenvalue weighted by molar-refractivity contribution is -0.00000494. The van der Waals surface area contributed by atoms with E-state index >= 15 is 0 Å². The molecule has 0 N–H and O–H groups in total. The van der Waals surface area contributed by atoms with Crippen LogP contribution >= 0.6 is 11.8 Å². The number of aryl methyl sites for hydroxylation is 1. The molecular formula is C14H14BrN4O2S-. The third-order valence-electron chi connectivity index (χ3n) is 3.43. The molecule has 8 heteroatoms. The van der Waals surface area contributed by atoms with Crippen molar-refractivity contribution >= 4 is 17.5 Å². The summed E-state index contributed by atoms with van der Waals surface area (Å²) in [4.78, 5) is 0. The van der Waals surface area contributed by atoms with E-state index in [-0.39, 0.29) is 17.0 Å². The first-order valence-electron chi connectivity index (χ1n) is 6.90. The van der Waals surface area contributed by atoms with Crippen molar-refractivity contribution in [2.24, 2.45) is 5.10 Å². The van der Waals surface area contributed by atoms with Gasteiger partial charge >= 0.3 is 0 Å². The maximum absolute atomic E-state index is 5.64. The number of rotatable bonds is 2. The largest absolute Gasteiger partial charge is 1.00 e. The minimum atomic E-state index is 0. The van der Waals surface area contributed by atoms with Gasteiger partial charge in [0.1, 0.15) is 13.2 Å². The second-order valence-corrected chi connectivity index (χ2v) is 5.70. The highest BCUT2D eigenvalue weighted by Crippen LogP contribution is 2.32. The molecule has 2 aliphatic heterocycles. The van der Waals surface area contributed by atoms with Gasteiger partial charge in [0.05, 0.1) is 5.71 Å². The zero-order valence-electron chi connectivity index (χ0n) is 12.0. The summed E-state index contributed by atoms with van der Waals surface area (Å²) in [5.41, 5.74) is 2.05. The molecule has 6 nitrogen and oxygen atoms in total. The first kappa shape index (κ1) is 15.4. The molecule has 1 aromatic heterocycles. The van der Waals surface area contributed by atoms with Gasteiger partial charge in [0.2, 0.25) is 5.16 Å². The summed E-state index contributed by atoms with van der Waals surface area (Å²) < 4.78 is 13.0. The summed E-state index contributed by atoms with van der Waals surface area (Å²) in [7, 11) is 0. The highest BCUT2D eigenvalue weighted by molar-refractivity contribution is 7.99. The van der Waals surface area contributed by atoms with Crippen LogP contribution < -0.4 is 26.5 Å². The van der Waals surface area contributed by atoms with Gasteiger partial charge in [-0.1, -0.05) is 18.7 Å². The van der Waals surface area contributed by atoms with E-state index in [9.17, 15) is 0 Å². The molecular weight excluding hydrogens is 368 g/mol. The molecule has 0 fully saturated rings. The summed E-state index contributed by atoms with van der Waals surface area (Å²) in [6.07, 6.45) is 0.811. The monoisotopic (exact) mass is 381 g/mol. The Morgan fingerprint density at radius 3 is 2.82 bits per heavy atom. The molecule has 0 saturated carbocycles. The number of fused-ring (bicyclic) bond motifs is 2. The molecule has 0 bridgehead atoms. The fraction of sp³-hybridized carbons (Fsp3) is 0.357. The van der Waals surface area contributed by atoms with E-state index in [0.29, 0.717) is 13.2 Å². The van der Waals surface area contributed by atoms with Gasteiger partial charge in [-0.15, -0.1) is 10.2 Å². The number of benzene rings is 1. The zero-order valence-corrected chi connectivity index (χ0v) is 14.4. The molecule has 0 radical (unpaired) electrons. The molecule has 0 spiro atoms. The van der Waals surface area contributed by atoms with Crippen LogP contribution in [0.5, 0.6) is 11.5 Å². The highest BCUT2D eigenvalue weighted by atomic mass is 79.9. The number of hydrogen-bond donors (Lipinski definition) is 0. The van der Waals surface area contributed by atoms with Crippen LogP contribution in [0.15, 0.2) is 28.5 Å². The molecule has 0 atom stereocenters. The Bertz CT molecular complexity index is 732. The van der Waals surface area contributed by atoms with Crippen molar-refractivity contribution < 1.29 is 26.5 Å². The molecule has 0 unspecified atom stereocenters. The number of ether oxygens (including phenoxy) is 2. The minimum absolute atomic E-state index is 0. The Kier molecular flexibility index (Phi) is 4.39. The predicted molar refractivity (Wildman–Crippen MR) is 79.5 cm³/mol. The highest BCUT2D eigenvalue weighted by Gasteiger charge is 2.20. The molecule has 2 aromatic rings. The van der Waals surface area contributed by atoms with E-state index in [1.165, 1.54) is 0 Å². The standard InChI is InChI=1S/C14H14N4O2S.BrH/c1-2-13-15-16-14-18(13)17-10(8-21-14)9-3-4-11-12(7-9)20-6-5-19-11;/h3-4,7H,2,5-6,8H2,1H3;1H/p-1. The van der Waals surface area contributed by atoms with Gasteiger partial charge in [0.25, 0.3) is 0 Å². The van der Waals surface area contributed by atoms with E-state index < -0.39 is 0 Å². The molecule has 2 aliphatic rings. The second kappa shape index (κ2) is 6.29. The average molecular weight is 382 g/mol. The number of halogens is 1. The maximum Gasteiger partial charge on any atom is 0.212 e. The van der Waals surface area contributed by atoms with E-state index in [1.807, 2.05) is 22.9 Å². The quantitative estimate of drug-likeness (QED) is 0.665. The lowest BCUT2D eigenvalue weighted by Crippen LogP contribution is -3.00. The number of thioether (sulfide) groups is 1. The number of nitrogens with zero attached hydrogens (tertiary/aromatic N) is 4. The Labute approximate surface area is 142 Å².